The van der Waals surface area contributed by atoms with E-state index in [4.69, 9.17) is 9.26 Å². The number of ether oxygens (including phenoxy) is 1. The fraction of sp³-hybridized carbons (Fsp3) is 0.783. The fourth-order valence-electron chi connectivity index (χ4n) is 5.21. The molecule has 1 aromatic rings. The van der Waals surface area contributed by atoms with E-state index in [1.807, 2.05) is 6.07 Å². The summed E-state index contributed by atoms with van der Waals surface area (Å²) in [6, 6.07) is 1.91. The summed E-state index contributed by atoms with van der Waals surface area (Å²) in [4.78, 5) is 24.6. The molecule has 0 N–H and O–H groups in total. The van der Waals surface area contributed by atoms with E-state index in [0.29, 0.717) is 49.2 Å². The van der Waals surface area contributed by atoms with Gasteiger partial charge in [-0.15, -0.1) is 0 Å². The van der Waals surface area contributed by atoms with Crippen LogP contribution < -0.4 is 0 Å². The first-order chi connectivity index (χ1) is 13.3. The number of fused-ring (bicyclic) bond motifs is 2. The first-order valence-corrected chi connectivity index (χ1v) is 11.0. The van der Waals surface area contributed by atoms with Crippen molar-refractivity contribution in [1.82, 2.24) is 5.16 Å². The van der Waals surface area contributed by atoms with Crippen LogP contribution in [0.25, 0.3) is 0 Å². The molecule has 3 rings (SSSR count). The van der Waals surface area contributed by atoms with Gasteiger partial charge in [-0.2, -0.15) is 0 Å². The molecule has 2 aliphatic rings. The van der Waals surface area contributed by atoms with Crippen molar-refractivity contribution in [2.45, 2.75) is 79.1 Å². The highest BCUT2D eigenvalue weighted by molar-refractivity contribution is 5.88. The van der Waals surface area contributed by atoms with Crippen molar-refractivity contribution in [1.29, 1.82) is 0 Å². The Balaban J connectivity index is 1.45. The minimum absolute atomic E-state index is 0.0576. The number of aromatic nitrogens is 1. The Labute approximate surface area is 168 Å². The molecule has 156 valence electrons. The molecule has 1 aromatic heterocycles. The summed E-state index contributed by atoms with van der Waals surface area (Å²) in [6.07, 6.45) is 6.86. The molecule has 4 atom stereocenters. The largest absolute Gasteiger partial charge is 0.466 e. The quantitative estimate of drug-likeness (QED) is 0.426. The maximum atomic E-state index is 12.7. The van der Waals surface area contributed by atoms with Gasteiger partial charge in [0, 0.05) is 30.7 Å². The van der Waals surface area contributed by atoms with Crippen LogP contribution in [0.2, 0.25) is 0 Å². The molecule has 0 aliphatic heterocycles. The van der Waals surface area contributed by atoms with E-state index in [1.165, 1.54) is 12.8 Å². The van der Waals surface area contributed by atoms with Crippen molar-refractivity contribution in [2.75, 3.05) is 6.61 Å². The lowest BCUT2D eigenvalue weighted by atomic mass is 9.64. The number of unbranched alkanes of at least 4 members (excludes halogenated alkanes) is 3. The minimum Gasteiger partial charge on any atom is -0.466 e. The number of aryl methyl sites for hydroxylation is 1. The van der Waals surface area contributed by atoms with Crippen LogP contribution in [0.1, 0.15) is 77.7 Å². The normalized spacial score (nSPS) is 28.1. The predicted molar refractivity (Wildman–Crippen MR) is 107 cm³/mol. The molecule has 0 spiro atoms. The van der Waals surface area contributed by atoms with Gasteiger partial charge in [0.15, 0.2) is 0 Å². The zero-order chi connectivity index (χ0) is 20.3. The van der Waals surface area contributed by atoms with Gasteiger partial charge >= 0.3 is 5.97 Å². The Hall–Kier alpha value is -1.65. The van der Waals surface area contributed by atoms with Gasteiger partial charge in [0.2, 0.25) is 0 Å². The van der Waals surface area contributed by atoms with E-state index in [2.05, 4.69) is 32.9 Å². The van der Waals surface area contributed by atoms with E-state index in [1.54, 1.807) is 0 Å². The lowest BCUT2D eigenvalue weighted by molar-refractivity contribution is -0.143. The number of carbonyl (C=O) groups excluding carboxylic acids is 2. The summed E-state index contributed by atoms with van der Waals surface area (Å²) >= 11 is 0. The van der Waals surface area contributed by atoms with Gasteiger partial charge in [0.25, 0.3) is 0 Å². The number of esters is 1. The lowest BCUT2D eigenvalue weighted by Gasteiger charge is -2.39. The van der Waals surface area contributed by atoms with Crippen LogP contribution in [0, 0.1) is 29.1 Å². The Morgan fingerprint density at radius 1 is 1.32 bits per heavy atom. The third-order valence-corrected chi connectivity index (χ3v) is 7.33. The number of ketones is 1. The molecule has 2 fully saturated rings. The molecule has 5 nitrogen and oxygen atoms in total. The van der Waals surface area contributed by atoms with Gasteiger partial charge in [-0.05, 0) is 30.1 Å². The van der Waals surface area contributed by atoms with E-state index in [9.17, 15) is 9.59 Å². The second kappa shape index (κ2) is 8.79. The maximum absolute atomic E-state index is 12.7. The molecule has 2 saturated carbocycles. The summed E-state index contributed by atoms with van der Waals surface area (Å²) in [7, 11) is 0. The smallest absolute Gasteiger partial charge is 0.306 e. The highest BCUT2D eigenvalue weighted by atomic mass is 16.5. The maximum Gasteiger partial charge on any atom is 0.306 e. The molecule has 4 unspecified atom stereocenters. The molecular formula is C23H35NO4. The minimum atomic E-state index is -0.187. The number of hydrogen-bond acceptors (Lipinski definition) is 5. The number of Topliss-reactive ketones (excluding diaryl/α,β-unsaturated/α-hetero) is 1. The number of rotatable bonds is 10. The van der Waals surface area contributed by atoms with Crippen molar-refractivity contribution in [3.8, 4) is 0 Å². The average molecular weight is 390 g/mol. The standard InChI is InChI=1S/C23H35NO4/c1-5-6-7-8-11-27-21(25)10-9-17-12-16(24-28-17)13-19-20-14-18(22(19)26)15(2)23(20,3)4/h12,15,18-20H,5-11,13-14H2,1-4H3. The van der Waals surface area contributed by atoms with E-state index >= 15 is 0 Å². The topological polar surface area (TPSA) is 69.4 Å². The number of carbonyl (C=O) groups is 2. The van der Waals surface area contributed by atoms with Crippen molar-refractivity contribution in [2.24, 2.45) is 29.1 Å². The second-order valence-electron chi connectivity index (χ2n) is 9.34. The third-order valence-electron chi connectivity index (χ3n) is 7.33. The zero-order valence-electron chi connectivity index (χ0n) is 17.8. The molecule has 28 heavy (non-hydrogen) atoms. The highest BCUT2D eigenvalue weighted by Crippen LogP contribution is 2.60. The summed E-state index contributed by atoms with van der Waals surface area (Å²) in [5, 5.41) is 4.16. The Morgan fingerprint density at radius 2 is 2.11 bits per heavy atom. The Bertz CT molecular complexity index is 693. The van der Waals surface area contributed by atoms with Crippen molar-refractivity contribution >= 4 is 11.8 Å². The predicted octanol–water partition coefficient (Wildman–Crippen LogP) is 4.77. The van der Waals surface area contributed by atoms with E-state index in [-0.39, 0.29) is 23.2 Å². The molecule has 1 heterocycles. The Morgan fingerprint density at radius 3 is 2.82 bits per heavy atom. The van der Waals surface area contributed by atoms with Gasteiger partial charge in [-0.1, -0.05) is 52.1 Å². The molecular weight excluding hydrogens is 354 g/mol. The SMILES string of the molecule is CCCCCCOC(=O)CCc1cc(CC2C(=O)C3CC2C(C)(C)C3C)no1. The lowest BCUT2D eigenvalue weighted by Crippen LogP contribution is -2.40. The zero-order valence-corrected chi connectivity index (χ0v) is 17.8. The molecule has 2 bridgehead atoms. The molecule has 0 aromatic carbocycles. The summed E-state index contributed by atoms with van der Waals surface area (Å²) in [5.41, 5.74) is 1.04. The first kappa shape index (κ1) is 21.1. The van der Waals surface area contributed by atoms with Crippen LogP contribution in [0.5, 0.6) is 0 Å². The van der Waals surface area contributed by atoms with Gasteiger partial charge in [-0.3, -0.25) is 9.59 Å². The van der Waals surface area contributed by atoms with E-state index in [0.717, 1.165) is 25.0 Å². The summed E-state index contributed by atoms with van der Waals surface area (Å²) < 4.78 is 10.7. The van der Waals surface area contributed by atoms with Gasteiger partial charge in [0.1, 0.15) is 11.5 Å². The fourth-order valence-corrected chi connectivity index (χ4v) is 5.21. The van der Waals surface area contributed by atoms with Gasteiger partial charge in [-0.25, -0.2) is 0 Å². The Kier molecular flexibility index (Phi) is 6.61. The average Bonchev–Trinajstić information content (AvgIpc) is 3.30. The van der Waals surface area contributed by atoms with Crippen LogP contribution in [0.3, 0.4) is 0 Å². The first-order valence-electron chi connectivity index (χ1n) is 11.0. The highest BCUT2D eigenvalue weighted by Gasteiger charge is 2.59. The van der Waals surface area contributed by atoms with Crippen molar-refractivity contribution in [3.63, 3.8) is 0 Å². The molecule has 5 heteroatoms. The van der Waals surface area contributed by atoms with Crippen LogP contribution in [-0.4, -0.2) is 23.5 Å². The monoisotopic (exact) mass is 389 g/mol. The van der Waals surface area contributed by atoms with Crippen LogP contribution in [0.15, 0.2) is 10.6 Å². The summed E-state index contributed by atoms with van der Waals surface area (Å²) in [5.74, 6) is 2.08. The third kappa shape index (κ3) is 4.33. The van der Waals surface area contributed by atoms with Crippen LogP contribution in [0.4, 0.5) is 0 Å². The molecule has 2 aliphatic carbocycles. The molecule has 0 radical (unpaired) electrons. The van der Waals surface area contributed by atoms with Gasteiger partial charge in [0.05, 0.1) is 18.7 Å². The summed E-state index contributed by atoms with van der Waals surface area (Å²) in [6.45, 7) is 9.47. The van der Waals surface area contributed by atoms with Gasteiger partial charge < -0.3 is 9.26 Å². The second-order valence-corrected chi connectivity index (χ2v) is 9.34. The van der Waals surface area contributed by atoms with E-state index < -0.39 is 0 Å². The number of hydrogen-bond donors (Lipinski definition) is 0. The molecule has 0 saturated heterocycles. The van der Waals surface area contributed by atoms with Crippen LogP contribution >= 0.6 is 0 Å². The van der Waals surface area contributed by atoms with Crippen LogP contribution in [-0.2, 0) is 27.2 Å². The molecule has 0 amide bonds. The number of nitrogens with zero attached hydrogens (tertiary/aromatic N) is 1. The van der Waals surface area contributed by atoms with Crippen molar-refractivity contribution in [3.05, 3.63) is 17.5 Å². The van der Waals surface area contributed by atoms with Crippen molar-refractivity contribution < 1.29 is 18.8 Å².